The fourth-order valence-electron chi connectivity index (χ4n) is 2.44. The molecule has 0 saturated carbocycles. The average Bonchev–Trinajstić information content (AvgIpc) is 3.00. The molecule has 1 N–H and O–H groups in total. The van der Waals surface area contributed by atoms with Crippen molar-refractivity contribution in [2.45, 2.75) is 25.4 Å². The van der Waals surface area contributed by atoms with Crippen LogP contribution in [0.3, 0.4) is 0 Å². The Morgan fingerprint density at radius 3 is 3.00 bits per heavy atom. The Bertz CT molecular complexity index is 485. The van der Waals surface area contributed by atoms with Crippen LogP contribution in [-0.4, -0.2) is 29.1 Å². The SMILES string of the molecule is c1cnc(N2CCC[C@@H](NCc3ccco3)C2)nc1. The first-order chi connectivity index (χ1) is 9.42. The second kappa shape index (κ2) is 5.84. The van der Waals surface area contributed by atoms with Gasteiger partial charge >= 0.3 is 0 Å². The van der Waals surface area contributed by atoms with Crippen LogP contribution in [0.4, 0.5) is 5.95 Å². The van der Waals surface area contributed by atoms with Crippen LogP contribution in [0, 0.1) is 0 Å². The summed E-state index contributed by atoms with van der Waals surface area (Å²) in [6, 6.07) is 6.22. The van der Waals surface area contributed by atoms with Crippen molar-refractivity contribution >= 4 is 5.95 Å². The minimum absolute atomic E-state index is 0.461. The number of anilines is 1. The fraction of sp³-hybridized carbons (Fsp3) is 0.429. The highest BCUT2D eigenvalue weighted by atomic mass is 16.3. The highest BCUT2D eigenvalue weighted by Crippen LogP contribution is 2.15. The van der Waals surface area contributed by atoms with Gasteiger partial charge < -0.3 is 14.6 Å². The molecular formula is C14H18N4O. The first kappa shape index (κ1) is 12.2. The molecule has 1 saturated heterocycles. The van der Waals surface area contributed by atoms with Crippen molar-refractivity contribution in [1.82, 2.24) is 15.3 Å². The highest BCUT2D eigenvalue weighted by molar-refractivity contribution is 5.29. The summed E-state index contributed by atoms with van der Waals surface area (Å²) in [5, 5.41) is 3.53. The summed E-state index contributed by atoms with van der Waals surface area (Å²) in [7, 11) is 0. The van der Waals surface area contributed by atoms with Gasteiger partial charge in [-0.25, -0.2) is 9.97 Å². The Labute approximate surface area is 112 Å². The lowest BCUT2D eigenvalue weighted by atomic mass is 10.1. The zero-order valence-corrected chi connectivity index (χ0v) is 10.8. The largest absolute Gasteiger partial charge is 0.468 e. The molecule has 0 radical (unpaired) electrons. The molecule has 0 amide bonds. The van der Waals surface area contributed by atoms with Crippen LogP contribution in [-0.2, 0) is 6.54 Å². The van der Waals surface area contributed by atoms with Gasteiger partial charge in [-0.1, -0.05) is 0 Å². The molecule has 1 aliphatic rings. The van der Waals surface area contributed by atoms with E-state index in [9.17, 15) is 0 Å². The molecular weight excluding hydrogens is 240 g/mol. The summed E-state index contributed by atoms with van der Waals surface area (Å²) < 4.78 is 5.34. The number of furan rings is 1. The molecule has 19 heavy (non-hydrogen) atoms. The Balaban J connectivity index is 1.56. The van der Waals surface area contributed by atoms with Crippen molar-refractivity contribution in [3.63, 3.8) is 0 Å². The number of rotatable bonds is 4. The maximum absolute atomic E-state index is 5.34. The van der Waals surface area contributed by atoms with Gasteiger partial charge in [0.05, 0.1) is 12.8 Å². The van der Waals surface area contributed by atoms with Crippen LogP contribution in [0.2, 0.25) is 0 Å². The minimum Gasteiger partial charge on any atom is -0.468 e. The molecule has 1 fully saturated rings. The van der Waals surface area contributed by atoms with E-state index in [1.807, 2.05) is 18.2 Å². The number of hydrogen-bond acceptors (Lipinski definition) is 5. The average molecular weight is 258 g/mol. The van der Waals surface area contributed by atoms with Crippen molar-refractivity contribution < 1.29 is 4.42 Å². The molecule has 0 aromatic carbocycles. The van der Waals surface area contributed by atoms with E-state index in [0.29, 0.717) is 6.04 Å². The van der Waals surface area contributed by atoms with Gasteiger partial charge in [-0.3, -0.25) is 0 Å². The number of hydrogen-bond donors (Lipinski definition) is 1. The smallest absolute Gasteiger partial charge is 0.225 e. The van der Waals surface area contributed by atoms with E-state index in [2.05, 4.69) is 20.2 Å². The molecule has 0 bridgehead atoms. The third kappa shape index (κ3) is 3.12. The maximum Gasteiger partial charge on any atom is 0.225 e. The molecule has 5 heteroatoms. The Hall–Kier alpha value is -1.88. The number of piperidine rings is 1. The Kier molecular flexibility index (Phi) is 3.74. The number of nitrogens with one attached hydrogen (secondary N) is 1. The van der Waals surface area contributed by atoms with Crippen molar-refractivity contribution in [3.05, 3.63) is 42.6 Å². The molecule has 0 spiro atoms. The summed E-state index contributed by atoms with van der Waals surface area (Å²) in [6.45, 7) is 2.76. The van der Waals surface area contributed by atoms with Crippen molar-refractivity contribution in [3.8, 4) is 0 Å². The zero-order chi connectivity index (χ0) is 12.9. The zero-order valence-electron chi connectivity index (χ0n) is 10.8. The normalized spacial score (nSPS) is 19.6. The summed E-state index contributed by atoms with van der Waals surface area (Å²) in [4.78, 5) is 10.9. The minimum atomic E-state index is 0.461. The molecule has 2 aromatic heterocycles. The van der Waals surface area contributed by atoms with E-state index in [1.54, 1.807) is 18.7 Å². The quantitative estimate of drug-likeness (QED) is 0.906. The molecule has 1 atom stereocenters. The number of aromatic nitrogens is 2. The van der Waals surface area contributed by atoms with E-state index in [4.69, 9.17) is 4.42 Å². The Morgan fingerprint density at radius 1 is 1.32 bits per heavy atom. The van der Waals surface area contributed by atoms with Crippen molar-refractivity contribution in [1.29, 1.82) is 0 Å². The van der Waals surface area contributed by atoms with Crippen LogP contribution in [0.1, 0.15) is 18.6 Å². The van der Waals surface area contributed by atoms with Crippen molar-refractivity contribution in [2.24, 2.45) is 0 Å². The fourth-order valence-corrected chi connectivity index (χ4v) is 2.44. The predicted molar refractivity (Wildman–Crippen MR) is 72.8 cm³/mol. The third-order valence-electron chi connectivity index (χ3n) is 3.40. The van der Waals surface area contributed by atoms with E-state index < -0.39 is 0 Å². The molecule has 1 aliphatic heterocycles. The molecule has 3 rings (SSSR count). The van der Waals surface area contributed by atoms with Crippen LogP contribution in [0.25, 0.3) is 0 Å². The molecule has 5 nitrogen and oxygen atoms in total. The van der Waals surface area contributed by atoms with Crippen LogP contribution >= 0.6 is 0 Å². The number of nitrogens with zero attached hydrogens (tertiary/aromatic N) is 3. The first-order valence-corrected chi connectivity index (χ1v) is 6.69. The van der Waals surface area contributed by atoms with Gasteiger partial charge in [0, 0.05) is 31.5 Å². The van der Waals surface area contributed by atoms with Gasteiger partial charge in [-0.15, -0.1) is 0 Å². The van der Waals surface area contributed by atoms with Gasteiger partial charge in [-0.05, 0) is 31.0 Å². The third-order valence-corrected chi connectivity index (χ3v) is 3.40. The van der Waals surface area contributed by atoms with Gasteiger partial charge in [0.1, 0.15) is 5.76 Å². The molecule has 2 aromatic rings. The van der Waals surface area contributed by atoms with Gasteiger partial charge in [0.25, 0.3) is 0 Å². The molecule has 0 aliphatic carbocycles. The molecule has 100 valence electrons. The van der Waals surface area contributed by atoms with Crippen molar-refractivity contribution in [2.75, 3.05) is 18.0 Å². The summed E-state index contributed by atoms with van der Waals surface area (Å²) in [6.07, 6.45) is 7.64. The summed E-state index contributed by atoms with van der Waals surface area (Å²) in [5.41, 5.74) is 0. The first-order valence-electron chi connectivity index (χ1n) is 6.69. The second-order valence-electron chi connectivity index (χ2n) is 4.79. The van der Waals surface area contributed by atoms with E-state index >= 15 is 0 Å². The van der Waals surface area contributed by atoms with E-state index in [0.717, 1.165) is 37.8 Å². The van der Waals surface area contributed by atoms with E-state index in [1.165, 1.54) is 6.42 Å². The molecule has 0 unspecified atom stereocenters. The van der Waals surface area contributed by atoms with Crippen LogP contribution in [0.5, 0.6) is 0 Å². The lowest BCUT2D eigenvalue weighted by molar-refractivity contribution is 0.393. The monoisotopic (exact) mass is 258 g/mol. The predicted octanol–water partition coefficient (Wildman–Crippen LogP) is 1.83. The van der Waals surface area contributed by atoms with Gasteiger partial charge in [0.2, 0.25) is 5.95 Å². The standard InChI is InChI=1S/C14H18N4O/c1-4-12(17-10-13-5-2-9-19-13)11-18(8-1)14-15-6-3-7-16-14/h2-3,5-7,9,12,17H,1,4,8,10-11H2/t12-/m1/s1. The lowest BCUT2D eigenvalue weighted by Gasteiger charge is -2.33. The lowest BCUT2D eigenvalue weighted by Crippen LogP contribution is -2.46. The summed E-state index contributed by atoms with van der Waals surface area (Å²) in [5.74, 6) is 1.81. The molecule has 3 heterocycles. The Morgan fingerprint density at radius 2 is 2.21 bits per heavy atom. The second-order valence-corrected chi connectivity index (χ2v) is 4.79. The highest BCUT2D eigenvalue weighted by Gasteiger charge is 2.21. The van der Waals surface area contributed by atoms with Crippen LogP contribution < -0.4 is 10.2 Å². The topological polar surface area (TPSA) is 54.2 Å². The van der Waals surface area contributed by atoms with Crippen LogP contribution in [0.15, 0.2) is 41.3 Å². The van der Waals surface area contributed by atoms with Gasteiger partial charge in [-0.2, -0.15) is 0 Å². The maximum atomic E-state index is 5.34. The van der Waals surface area contributed by atoms with Gasteiger partial charge in [0.15, 0.2) is 0 Å². The van der Waals surface area contributed by atoms with E-state index in [-0.39, 0.29) is 0 Å². The summed E-state index contributed by atoms with van der Waals surface area (Å²) >= 11 is 0.